The summed E-state index contributed by atoms with van der Waals surface area (Å²) in [6.07, 6.45) is 6.94. The number of benzene rings is 4. The molecule has 0 fully saturated rings. The average Bonchev–Trinajstić information content (AvgIpc) is 0.795. The van der Waals surface area contributed by atoms with E-state index in [9.17, 15) is 38.8 Å². The van der Waals surface area contributed by atoms with Crippen molar-refractivity contribution in [1.29, 1.82) is 0 Å². The van der Waals surface area contributed by atoms with Gasteiger partial charge in [-0.1, -0.05) is 58.9 Å². The number of aryl methyl sites for hydroxylation is 2. The van der Waals surface area contributed by atoms with Crippen molar-refractivity contribution in [2.75, 3.05) is 68.8 Å². The lowest BCUT2D eigenvalue weighted by Gasteiger charge is -2.20. The van der Waals surface area contributed by atoms with E-state index in [2.05, 4.69) is 39.3 Å². The van der Waals surface area contributed by atoms with Gasteiger partial charge in [-0.2, -0.15) is 0 Å². The third-order valence-electron chi connectivity index (χ3n) is 14.0. The second-order valence-corrected chi connectivity index (χ2v) is 35.2. The first-order valence-corrected chi connectivity index (χ1v) is 35.9. The quantitative estimate of drug-likeness (QED) is 0.0277. The molecule has 2 aromatic heterocycles. The van der Waals surface area contributed by atoms with Crippen LogP contribution in [0.3, 0.4) is 0 Å². The number of hydrogen-bond acceptors (Lipinski definition) is 20. The number of carbonyl (C=O) groups is 4. The van der Waals surface area contributed by atoms with Gasteiger partial charge in [0.25, 0.3) is 0 Å². The summed E-state index contributed by atoms with van der Waals surface area (Å²) in [5, 5.41) is 18.8. The van der Waals surface area contributed by atoms with Gasteiger partial charge in [-0.3, -0.25) is 19.2 Å². The molecule has 2 aliphatic rings. The van der Waals surface area contributed by atoms with Gasteiger partial charge < -0.3 is 66.3 Å². The standard InChI is InChI=1S/C31H36O9Si.C17H23BO6Si.C14H15IO5.CH4/c1-18-12-26-28(27(19(18)2)31(34)37-10-11-41(5,6)7)30(33)23(15-38-26)21-9-8-20-13-24(39-16-35-3)25(40-17-36-4)14-22(20)29(21)32;1-10-8-13-15(16(19)12(9-24-13)18(21)22)14(11(10)2)17(20)23-6-7-25(3,4)5;1-17-7-19-12-5-9-3-4-11(15)14(16)10(9)6-13(12)20-8-18-2;/h9,12-15H,8,10-11,16-17H2,1-7H3;8-9,21-22H,6-7H2,1-5H3;4-6H,3,7-8H2,1-2H3;1H4. The molecule has 0 saturated carbocycles. The third-order valence-corrected chi connectivity index (χ3v) is 18.3. The van der Waals surface area contributed by atoms with Crippen LogP contribution in [0.25, 0.3) is 27.5 Å². The highest BCUT2D eigenvalue weighted by Gasteiger charge is 2.31. The van der Waals surface area contributed by atoms with Gasteiger partial charge in [0, 0.05) is 61.3 Å². The summed E-state index contributed by atoms with van der Waals surface area (Å²) in [5.74, 6) is 0.188. The number of allylic oxidation sites excluding steroid dienone is 4. The van der Waals surface area contributed by atoms with Crippen LogP contribution < -0.4 is 35.3 Å². The highest BCUT2D eigenvalue weighted by molar-refractivity contribution is 14.1. The fourth-order valence-electron chi connectivity index (χ4n) is 8.97. The van der Waals surface area contributed by atoms with Gasteiger partial charge in [-0.05, 0) is 145 Å². The van der Waals surface area contributed by atoms with Crippen molar-refractivity contribution in [1.82, 2.24) is 0 Å². The molecule has 0 bridgehead atoms. The van der Waals surface area contributed by atoms with Gasteiger partial charge in [-0.15, -0.1) is 0 Å². The molecule has 4 aromatic carbocycles. The molecule has 0 spiro atoms. The Morgan fingerprint density at radius 2 is 0.943 bits per heavy atom. The van der Waals surface area contributed by atoms with Crippen molar-refractivity contribution in [3.63, 3.8) is 0 Å². The SMILES string of the molecule is C.COCOc1cc2c(cc1OCOC)C(=O)C(I)=CC2.COCOc1cc2c(cc1OCOC)C(=O)C(c1coc3cc(C)c(C)c(C(=O)OCC[Si](C)(C)C)c3c1=O)=CC2.Cc1cc2occ(B(O)O)c(=O)c2c(C(=O)OCC[Si](C)(C)C)c1C. The monoisotopic (exact) mass is 1350 g/mol. The molecular formula is C63H78BIO20Si2. The predicted molar refractivity (Wildman–Crippen MR) is 346 cm³/mol. The lowest BCUT2D eigenvalue weighted by Crippen LogP contribution is -2.41. The summed E-state index contributed by atoms with van der Waals surface area (Å²) in [5.41, 5.74) is 5.09. The molecule has 468 valence electrons. The number of ether oxygens (including phenoxy) is 10. The van der Waals surface area contributed by atoms with Gasteiger partial charge in [0.05, 0.1) is 56.0 Å². The number of ketones is 2. The Hall–Kier alpha value is -6.75. The minimum absolute atomic E-state index is 0. The number of carbonyl (C=O) groups excluding carboxylic acids is 4. The maximum absolute atomic E-state index is 14.0. The Bertz CT molecular complexity index is 3700. The van der Waals surface area contributed by atoms with E-state index in [1.807, 2.05) is 48.6 Å². The first-order chi connectivity index (χ1) is 40.7. The van der Waals surface area contributed by atoms with E-state index in [1.54, 1.807) is 57.4 Å². The molecule has 6 aromatic rings. The van der Waals surface area contributed by atoms with Crippen molar-refractivity contribution in [2.24, 2.45) is 0 Å². The first kappa shape index (κ1) is 71.0. The summed E-state index contributed by atoms with van der Waals surface area (Å²) in [7, 11) is 1.29. The van der Waals surface area contributed by atoms with Crippen molar-refractivity contribution < 1.29 is 85.4 Å². The Balaban J connectivity index is 0.000000256. The molecule has 0 amide bonds. The van der Waals surface area contributed by atoms with Crippen molar-refractivity contribution >= 4 is 102 Å². The lowest BCUT2D eigenvalue weighted by molar-refractivity contribution is 0.0321. The summed E-state index contributed by atoms with van der Waals surface area (Å²) in [6.45, 7) is 21.0. The summed E-state index contributed by atoms with van der Waals surface area (Å²) in [4.78, 5) is 78.4. The molecule has 2 N–H and O–H groups in total. The fourth-order valence-corrected chi connectivity index (χ4v) is 10.9. The van der Waals surface area contributed by atoms with E-state index >= 15 is 0 Å². The fraction of sp³-hybridized carbons (Fsp3) is 0.397. The molecule has 0 atom stereocenters. The maximum Gasteiger partial charge on any atom is 0.495 e. The molecular weight excluding hydrogens is 1270 g/mol. The summed E-state index contributed by atoms with van der Waals surface area (Å²) >= 11 is 2.05. The highest BCUT2D eigenvalue weighted by Crippen LogP contribution is 2.38. The minimum Gasteiger partial charge on any atom is -0.464 e. The Kier molecular flexibility index (Phi) is 25.7. The van der Waals surface area contributed by atoms with Crippen LogP contribution in [0.4, 0.5) is 0 Å². The van der Waals surface area contributed by atoms with Crippen LogP contribution >= 0.6 is 22.6 Å². The van der Waals surface area contributed by atoms with Crippen LogP contribution in [0.15, 0.2) is 83.1 Å². The van der Waals surface area contributed by atoms with Crippen LogP contribution in [0.5, 0.6) is 23.0 Å². The van der Waals surface area contributed by atoms with Crippen LogP contribution in [-0.4, -0.2) is 126 Å². The first-order valence-electron chi connectivity index (χ1n) is 27.4. The Morgan fingerprint density at radius 3 is 1.36 bits per heavy atom. The van der Waals surface area contributed by atoms with E-state index in [1.165, 1.54) is 27.6 Å². The number of halogens is 1. The van der Waals surface area contributed by atoms with E-state index < -0.39 is 46.1 Å². The zero-order valence-electron chi connectivity index (χ0n) is 51.0. The molecule has 2 heterocycles. The minimum atomic E-state index is -1.97. The van der Waals surface area contributed by atoms with Gasteiger partial charge in [0.2, 0.25) is 5.43 Å². The number of fused-ring (bicyclic) bond motifs is 4. The highest BCUT2D eigenvalue weighted by atomic mass is 127. The van der Waals surface area contributed by atoms with Crippen LogP contribution in [0.1, 0.15) is 87.8 Å². The smallest absolute Gasteiger partial charge is 0.464 e. The van der Waals surface area contributed by atoms with Gasteiger partial charge in [0.15, 0.2) is 67.2 Å². The maximum atomic E-state index is 14.0. The third kappa shape index (κ3) is 17.7. The van der Waals surface area contributed by atoms with Crippen molar-refractivity contribution in [3.8, 4) is 23.0 Å². The number of esters is 2. The van der Waals surface area contributed by atoms with E-state index in [0.717, 1.165) is 38.6 Å². The van der Waals surface area contributed by atoms with Crippen LogP contribution in [0, 0.1) is 27.7 Å². The predicted octanol–water partition coefficient (Wildman–Crippen LogP) is 10.6. The topological polar surface area (TPSA) is 261 Å². The normalized spacial score (nSPS) is 12.7. The molecule has 24 heteroatoms. The zero-order chi connectivity index (χ0) is 63.4. The summed E-state index contributed by atoms with van der Waals surface area (Å²) in [6, 6.07) is 11.8. The molecule has 2 aliphatic carbocycles. The molecule has 87 heavy (non-hydrogen) atoms. The van der Waals surface area contributed by atoms with Crippen molar-refractivity contribution in [2.45, 2.75) is 99.3 Å². The van der Waals surface area contributed by atoms with Gasteiger partial charge >= 0.3 is 19.1 Å². The van der Waals surface area contributed by atoms with Gasteiger partial charge in [0.1, 0.15) is 17.4 Å². The van der Waals surface area contributed by atoms with E-state index in [4.69, 9.17) is 56.2 Å². The molecule has 0 unspecified atom stereocenters. The van der Waals surface area contributed by atoms with Crippen molar-refractivity contribution in [3.05, 3.63) is 146 Å². The Morgan fingerprint density at radius 1 is 0.552 bits per heavy atom. The average molecular weight is 1350 g/mol. The molecule has 8 rings (SSSR count). The molecule has 0 radical (unpaired) electrons. The molecule has 20 nitrogen and oxygen atoms in total. The largest absolute Gasteiger partial charge is 0.495 e. The van der Waals surface area contributed by atoms with Gasteiger partial charge in [-0.25, -0.2) is 9.59 Å². The number of methoxy groups -OCH3 is 4. The summed E-state index contributed by atoms with van der Waals surface area (Å²) < 4.78 is 65.0. The second-order valence-electron chi connectivity index (χ2n) is 22.8. The van der Waals surface area contributed by atoms with Crippen LogP contribution in [0.2, 0.25) is 51.4 Å². The molecule has 0 saturated heterocycles. The van der Waals surface area contributed by atoms with E-state index in [0.29, 0.717) is 63.7 Å². The van der Waals surface area contributed by atoms with E-state index in [-0.39, 0.29) is 109 Å². The number of hydrogen-bond donors (Lipinski definition) is 2. The number of rotatable bonds is 22. The molecule has 0 aliphatic heterocycles. The second kappa shape index (κ2) is 31.4. The van der Waals surface area contributed by atoms with Crippen LogP contribution in [-0.2, 0) is 41.3 Å². The number of Topliss-reactive ketones (excluding diaryl/α,β-unsaturated/α-hetero) is 2. The Labute approximate surface area is 522 Å². The zero-order valence-corrected chi connectivity index (χ0v) is 55.2. The lowest BCUT2D eigenvalue weighted by atomic mass is 9.80.